The lowest BCUT2D eigenvalue weighted by molar-refractivity contribution is -0.870. The molecule has 0 heterocycles. The minimum Gasteiger partial charge on any atom is -0.756 e. The minimum absolute atomic E-state index is 0.0153. The van der Waals surface area contributed by atoms with E-state index in [-0.39, 0.29) is 19.1 Å². The second-order valence-electron chi connectivity index (χ2n) is 16.8. The highest BCUT2D eigenvalue weighted by molar-refractivity contribution is 7.45. The molecule has 0 aliphatic rings. The van der Waals surface area contributed by atoms with Gasteiger partial charge in [0.25, 0.3) is 7.82 Å². The molecule has 0 aromatic carbocycles. The highest BCUT2D eigenvalue weighted by Gasteiger charge is 2.24. The molecule has 0 saturated heterocycles. The molecule has 0 aliphatic heterocycles. The molecular weight excluding hydrogens is 671 g/mol. The van der Waals surface area contributed by atoms with E-state index in [9.17, 15) is 19.4 Å². The second-order valence-corrected chi connectivity index (χ2v) is 18.2. The molecule has 52 heavy (non-hydrogen) atoms. The molecule has 0 aliphatic carbocycles. The molecular formula is C43H89N2O6P. The number of rotatable bonds is 41. The molecule has 0 aromatic heterocycles. The average molecular weight is 761 g/mol. The monoisotopic (exact) mass is 761 g/mol. The zero-order valence-corrected chi connectivity index (χ0v) is 36.2. The Morgan fingerprint density at radius 1 is 0.596 bits per heavy atom. The highest BCUT2D eigenvalue weighted by atomic mass is 31.2. The van der Waals surface area contributed by atoms with E-state index in [1.54, 1.807) is 0 Å². The van der Waals surface area contributed by atoms with Crippen LogP contribution in [0.1, 0.15) is 219 Å². The second kappa shape index (κ2) is 36.2. The first kappa shape index (κ1) is 51.5. The standard InChI is InChI=1S/C43H89N2O6P/c1-6-8-10-12-14-15-16-17-18-19-20-21-22-23-24-25-26-27-28-29-30-31-32-34-36-42(46)41(44-43(47)37-35-33-13-11-9-7-2)40-51-52(48,49)50-39-38-45(3,4)5/h41-42,46H,6-40H2,1-5H3,(H-,44,47,48,49). The number of carbonyl (C=O) groups excluding carboxylic acids is 1. The van der Waals surface area contributed by atoms with Crippen molar-refractivity contribution in [2.75, 3.05) is 40.9 Å². The molecule has 8 nitrogen and oxygen atoms in total. The summed E-state index contributed by atoms with van der Waals surface area (Å²) in [4.78, 5) is 25.1. The van der Waals surface area contributed by atoms with Gasteiger partial charge in [-0.15, -0.1) is 0 Å². The fourth-order valence-electron chi connectivity index (χ4n) is 6.75. The summed E-state index contributed by atoms with van der Waals surface area (Å²) in [6.45, 7) is 4.67. The van der Waals surface area contributed by atoms with Gasteiger partial charge in [-0.25, -0.2) is 0 Å². The Morgan fingerprint density at radius 3 is 1.31 bits per heavy atom. The fourth-order valence-corrected chi connectivity index (χ4v) is 7.47. The van der Waals surface area contributed by atoms with Gasteiger partial charge >= 0.3 is 0 Å². The van der Waals surface area contributed by atoms with Crippen LogP contribution < -0.4 is 10.2 Å². The average Bonchev–Trinajstić information content (AvgIpc) is 3.09. The Balaban J connectivity index is 4.03. The first-order chi connectivity index (χ1) is 25.0. The summed E-state index contributed by atoms with van der Waals surface area (Å²) in [7, 11) is 1.31. The third kappa shape index (κ3) is 37.8. The van der Waals surface area contributed by atoms with Crippen LogP contribution in [0, 0.1) is 0 Å². The number of amides is 1. The van der Waals surface area contributed by atoms with Crippen molar-refractivity contribution < 1.29 is 32.9 Å². The van der Waals surface area contributed by atoms with E-state index in [1.807, 2.05) is 21.1 Å². The van der Waals surface area contributed by atoms with E-state index in [0.29, 0.717) is 23.9 Å². The van der Waals surface area contributed by atoms with Crippen molar-refractivity contribution in [1.82, 2.24) is 5.32 Å². The molecule has 0 spiro atoms. The molecule has 0 aromatic rings. The summed E-state index contributed by atoms with van der Waals surface area (Å²) in [5.74, 6) is -0.172. The molecule has 3 atom stereocenters. The number of hydrogen-bond donors (Lipinski definition) is 2. The van der Waals surface area contributed by atoms with E-state index >= 15 is 0 Å². The number of hydrogen-bond acceptors (Lipinski definition) is 6. The van der Waals surface area contributed by atoms with Crippen LogP contribution in [-0.2, 0) is 18.4 Å². The number of phosphoric ester groups is 1. The van der Waals surface area contributed by atoms with Crippen LogP contribution in [-0.4, -0.2) is 68.5 Å². The lowest BCUT2D eigenvalue weighted by Gasteiger charge is -2.30. The first-order valence-corrected chi connectivity index (χ1v) is 23.8. The van der Waals surface area contributed by atoms with Crippen LogP contribution in [0.15, 0.2) is 0 Å². The van der Waals surface area contributed by atoms with E-state index in [4.69, 9.17) is 9.05 Å². The number of aliphatic hydroxyl groups excluding tert-OH is 1. The normalized spacial score (nSPS) is 14.4. The summed E-state index contributed by atoms with van der Waals surface area (Å²) in [5, 5.41) is 13.8. The number of nitrogens with one attached hydrogen (secondary N) is 1. The zero-order chi connectivity index (χ0) is 38.6. The van der Waals surface area contributed by atoms with Crippen molar-refractivity contribution >= 4 is 13.7 Å². The van der Waals surface area contributed by atoms with E-state index in [1.165, 1.54) is 154 Å². The predicted octanol–water partition coefficient (Wildman–Crippen LogP) is 11.6. The van der Waals surface area contributed by atoms with Gasteiger partial charge in [-0.05, 0) is 12.8 Å². The Morgan fingerprint density at radius 2 is 0.942 bits per heavy atom. The van der Waals surface area contributed by atoms with Crippen LogP contribution >= 0.6 is 7.82 Å². The molecule has 312 valence electrons. The molecule has 0 saturated carbocycles. The Kier molecular flexibility index (Phi) is 35.8. The van der Waals surface area contributed by atoms with Crippen molar-refractivity contribution in [3.05, 3.63) is 0 Å². The zero-order valence-electron chi connectivity index (χ0n) is 35.3. The maximum absolute atomic E-state index is 12.7. The van der Waals surface area contributed by atoms with Crippen LogP contribution in [0.2, 0.25) is 0 Å². The van der Waals surface area contributed by atoms with Crippen LogP contribution in [0.5, 0.6) is 0 Å². The summed E-state index contributed by atoms with van der Waals surface area (Å²) < 4.78 is 23.1. The van der Waals surface area contributed by atoms with Crippen molar-refractivity contribution in [2.45, 2.75) is 231 Å². The van der Waals surface area contributed by atoms with Gasteiger partial charge in [-0.3, -0.25) is 9.36 Å². The van der Waals surface area contributed by atoms with E-state index in [2.05, 4.69) is 19.2 Å². The predicted molar refractivity (Wildman–Crippen MR) is 219 cm³/mol. The fraction of sp³-hybridized carbons (Fsp3) is 0.977. The Bertz CT molecular complexity index is 824. The van der Waals surface area contributed by atoms with Gasteiger partial charge in [0.2, 0.25) is 5.91 Å². The van der Waals surface area contributed by atoms with Crippen molar-refractivity contribution in [2.24, 2.45) is 0 Å². The lowest BCUT2D eigenvalue weighted by atomic mass is 10.0. The maximum atomic E-state index is 12.7. The van der Waals surface area contributed by atoms with Crippen molar-refractivity contribution in [3.8, 4) is 0 Å². The van der Waals surface area contributed by atoms with Gasteiger partial charge in [-0.2, -0.15) is 0 Å². The number of quaternary nitrogens is 1. The summed E-state index contributed by atoms with van der Waals surface area (Å²) in [6, 6.07) is -0.790. The Labute approximate surface area is 323 Å². The SMILES string of the molecule is CCCCCCCCCCCCCCCCCCCCCCCCCCC(O)C(COP(=O)([O-])OCC[N+](C)(C)C)NC(=O)CCCCCCCC. The summed E-state index contributed by atoms with van der Waals surface area (Å²) in [5.41, 5.74) is 0. The number of unbranched alkanes of at least 4 members (excludes halogenated alkanes) is 28. The number of nitrogens with zero attached hydrogens (tertiary/aromatic N) is 1. The number of phosphoric acid groups is 1. The number of carbonyl (C=O) groups is 1. The summed E-state index contributed by atoms with van der Waals surface area (Å²) >= 11 is 0. The van der Waals surface area contributed by atoms with Crippen LogP contribution in [0.4, 0.5) is 0 Å². The van der Waals surface area contributed by atoms with Crippen molar-refractivity contribution in [3.63, 3.8) is 0 Å². The van der Waals surface area contributed by atoms with Gasteiger partial charge in [0, 0.05) is 6.42 Å². The first-order valence-electron chi connectivity index (χ1n) is 22.4. The van der Waals surface area contributed by atoms with Crippen LogP contribution in [0.3, 0.4) is 0 Å². The largest absolute Gasteiger partial charge is 0.756 e. The van der Waals surface area contributed by atoms with Gasteiger partial charge in [-0.1, -0.05) is 200 Å². The van der Waals surface area contributed by atoms with Gasteiger partial charge < -0.3 is 28.8 Å². The number of aliphatic hydroxyl groups is 1. The van der Waals surface area contributed by atoms with Gasteiger partial charge in [0.05, 0.1) is 39.9 Å². The van der Waals surface area contributed by atoms with E-state index in [0.717, 1.165) is 38.5 Å². The highest BCUT2D eigenvalue weighted by Crippen LogP contribution is 2.38. The van der Waals surface area contributed by atoms with Gasteiger partial charge in [0.1, 0.15) is 13.2 Å². The molecule has 1 amide bonds. The van der Waals surface area contributed by atoms with E-state index < -0.39 is 20.0 Å². The van der Waals surface area contributed by atoms with Crippen LogP contribution in [0.25, 0.3) is 0 Å². The third-order valence-electron chi connectivity index (χ3n) is 10.3. The molecule has 2 N–H and O–H groups in total. The molecule has 0 fully saturated rings. The van der Waals surface area contributed by atoms with Gasteiger partial charge in [0.15, 0.2) is 0 Å². The maximum Gasteiger partial charge on any atom is 0.268 e. The molecule has 0 bridgehead atoms. The summed E-state index contributed by atoms with van der Waals surface area (Å²) in [6.07, 6.45) is 38.6. The molecule has 0 radical (unpaired) electrons. The smallest absolute Gasteiger partial charge is 0.268 e. The molecule has 9 heteroatoms. The number of likely N-dealkylation sites (N-methyl/N-ethyl adjacent to an activating group) is 1. The lowest BCUT2D eigenvalue weighted by Crippen LogP contribution is -2.46. The van der Waals surface area contributed by atoms with Crippen molar-refractivity contribution in [1.29, 1.82) is 0 Å². The minimum atomic E-state index is -4.55. The molecule has 3 unspecified atom stereocenters. The quantitative estimate of drug-likeness (QED) is 0.0365. The topological polar surface area (TPSA) is 108 Å². The Hall–Kier alpha value is -0.500. The molecule has 0 rings (SSSR count). The third-order valence-corrected chi connectivity index (χ3v) is 11.3.